The predicted octanol–water partition coefficient (Wildman–Crippen LogP) is 5.35. The number of nitrogens with zero attached hydrogens (tertiary/aromatic N) is 2. The third kappa shape index (κ3) is 4.13. The summed E-state index contributed by atoms with van der Waals surface area (Å²) in [5.74, 6) is -0.263. The largest absolute Gasteiger partial charge is 0.350 e. The van der Waals surface area contributed by atoms with Crippen molar-refractivity contribution in [3.8, 4) is 0 Å². The van der Waals surface area contributed by atoms with Gasteiger partial charge in [0.15, 0.2) is 0 Å². The average molecular weight is 434 g/mol. The van der Waals surface area contributed by atoms with Gasteiger partial charge in [-0.05, 0) is 49.7 Å². The van der Waals surface area contributed by atoms with Crippen molar-refractivity contribution in [2.24, 2.45) is 0 Å². The fraction of sp³-hybridized carbons (Fsp3) is 0.318. The molecule has 3 aromatic rings. The van der Waals surface area contributed by atoms with Crippen molar-refractivity contribution >= 4 is 40.0 Å². The van der Waals surface area contributed by atoms with E-state index in [1.807, 2.05) is 23.1 Å². The summed E-state index contributed by atoms with van der Waals surface area (Å²) in [5, 5.41) is 1.78. The Balaban J connectivity index is 1.49. The highest BCUT2D eigenvalue weighted by Crippen LogP contribution is 2.29. The number of nitrogens with one attached hydrogen (secondary N) is 1. The fourth-order valence-corrected chi connectivity index (χ4v) is 4.26. The molecule has 1 saturated heterocycles. The molecular weight excluding hydrogens is 412 g/mol. The zero-order valence-electron chi connectivity index (χ0n) is 16.3. The lowest BCUT2D eigenvalue weighted by atomic mass is 10.1. The number of amides is 1. The van der Waals surface area contributed by atoms with Gasteiger partial charge in [-0.2, -0.15) is 0 Å². The molecule has 1 aromatic heterocycles. The molecule has 0 spiro atoms. The van der Waals surface area contributed by atoms with E-state index in [9.17, 15) is 9.18 Å². The summed E-state index contributed by atoms with van der Waals surface area (Å²) in [6, 6.07) is 12.2. The van der Waals surface area contributed by atoms with Gasteiger partial charge in [0.25, 0.3) is 5.91 Å². The van der Waals surface area contributed by atoms with Crippen LogP contribution in [-0.2, 0) is 6.54 Å². The molecule has 29 heavy (non-hydrogen) atoms. The molecule has 1 amide bonds. The number of carbonyl (C=O) groups is 1. The number of piperazine rings is 1. The van der Waals surface area contributed by atoms with Gasteiger partial charge in [0.05, 0.1) is 10.0 Å². The van der Waals surface area contributed by atoms with Crippen molar-refractivity contribution in [1.82, 2.24) is 14.8 Å². The van der Waals surface area contributed by atoms with E-state index in [1.54, 1.807) is 12.1 Å². The summed E-state index contributed by atoms with van der Waals surface area (Å²) in [6.45, 7) is 6.27. The molecule has 1 aliphatic rings. The minimum Gasteiger partial charge on any atom is -0.350 e. The number of hydrogen-bond acceptors (Lipinski definition) is 2. The van der Waals surface area contributed by atoms with Crippen LogP contribution in [0, 0.1) is 5.82 Å². The second kappa shape index (κ2) is 7.98. The van der Waals surface area contributed by atoms with Crippen molar-refractivity contribution in [1.29, 1.82) is 0 Å². The Kier molecular flexibility index (Phi) is 5.56. The van der Waals surface area contributed by atoms with E-state index in [4.69, 9.17) is 23.2 Å². The van der Waals surface area contributed by atoms with Crippen LogP contribution in [0.1, 0.15) is 29.9 Å². The first-order chi connectivity index (χ1) is 13.8. The topological polar surface area (TPSA) is 39.3 Å². The van der Waals surface area contributed by atoms with E-state index in [-0.39, 0.29) is 23.8 Å². The van der Waals surface area contributed by atoms with Gasteiger partial charge in [0, 0.05) is 42.6 Å². The van der Waals surface area contributed by atoms with Crippen molar-refractivity contribution in [2.75, 3.05) is 13.1 Å². The third-order valence-electron chi connectivity index (χ3n) is 5.57. The highest BCUT2D eigenvalue weighted by atomic mass is 35.5. The second-order valence-corrected chi connectivity index (χ2v) is 8.56. The summed E-state index contributed by atoms with van der Waals surface area (Å²) < 4.78 is 13.2. The molecule has 0 saturated carbocycles. The maximum absolute atomic E-state index is 13.2. The van der Waals surface area contributed by atoms with Gasteiger partial charge in [0.1, 0.15) is 11.5 Å². The third-order valence-corrected chi connectivity index (χ3v) is 6.29. The first-order valence-electron chi connectivity index (χ1n) is 9.59. The van der Waals surface area contributed by atoms with Gasteiger partial charge in [-0.15, -0.1) is 0 Å². The molecule has 0 unspecified atom stereocenters. The second-order valence-electron chi connectivity index (χ2n) is 7.75. The van der Waals surface area contributed by atoms with Gasteiger partial charge < -0.3 is 9.88 Å². The standard InChI is InChI=1S/C22H22Cl2FN3O/c1-13-11-28(14(2)10-27(13)12-15-3-5-17(25)6-4-15)22(29)21-8-16-7-18(23)19(24)9-20(16)26-21/h3-9,13-14,26H,10-12H2,1-2H3/t13-,14+/m0/s1. The first-order valence-corrected chi connectivity index (χ1v) is 10.3. The van der Waals surface area contributed by atoms with Crippen LogP contribution in [0.15, 0.2) is 42.5 Å². The van der Waals surface area contributed by atoms with Crippen LogP contribution in [0.5, 0.6) is 0 Å². The summed E-state index contributed by atoms with van der Waals surface area (Å²) in [7, 11) is 0. The van der Waals surface area contributed by atoms with Crippen molar-refractivity contribution in [3.05, 3.63) is 69.6 Å². The molecule has 1 fully saturated rings. The maximum atomic E-state index is 13.2. The van der Waals surface area contributed by atoms with E-state index in [0.717, 1.165) is 29.6 Å². The number of aromatic nitrogens is 1. The highest BCUT2D eigenvalue weighted by molar-refractivity contribution is 6.42. The summed E-state index contributed by atoms with van der Waals surface area (Å²) in [4.78, 5) is 20.6. The Morgan fingerprint density at radius 3 is 2.48 bits per heavy atom. The van der Waals surface area contributed by atoms with Crippen molar-refractivity contribution < 1.29 is 9.18 Å². The van der Waals surface area contributed by atoms with E-state index >= 15 is 0 Å². The highest BCUT2D eigenvalue weighted by Gasteiger charge is 2.33. The Labute approximate surface area is 179 Å². The normalized spacial score (nSPS) is 20.4. The molecule has 0 bridgehead atoms. The number of hydrogen-bond donors (Lipinski definition) is 1. The zero-order valence-corrected chi connectivity index (χ0v) is 17.8. The monoisotopic (exact) mass is 433 g/mol. The first kappa shape index (κ1) is 20.2. The molecule has 2 atom stereocenters. The molecule has 1 aliphatic heterocycles. The summed E-state index contributed by atoms with van der Waals surface area (Å²) in [6.07, 6.45) is 0. The molecule has 4 nitrogen and oxygen atoms in total. The van der Waals surface area contributed by atoms with Gasteiger partial charge in [-0.1, -0.05) is 35.3 Å². The van der Waals surface area contributed by atoms with Crippen LogP contribution in [0.3, 0.4) is 0 Å². The molecule has 2 aromatic carbocycles. The zero-order chi connectivity index (χ0) is 20.7. The molecule has 2 heterocycles. The summed E-state index contributed by atoms with van der Waals surface area (Å²) in [5.41, 5.74) is 2.39. The van der Waals surface area contributed by atoms with Crippen molar-refractivity contribution in [2.45, 2.75) is 32.5 Å². The minimum atomic E-state index is -0.230. The van der Waals surface area contributed by atoms with E-state index in [2.05, 4.69) is 23.7 Å². The van der Waals surface area contributed by atoms with Crippen LogP contribution in [0.4, 0.5) is 4.39 Å². The lowest BCUT2D eigenvalue weighted by Crippen LogP contribution is -2.57. The maximum Gasteiger partial charge on any atom is 0.270 e. The predicted molar refractivity (Wildman–Crippen MR) is 115 cm³/mol. The lowest BCUT2D eigenvalue weighted by Gasteiger charge is -2.44. The smallest absolute Gasteiger partial charge is 0.270 e. The SMILES string of the molecule is C[C@@H]1CN(Cc2ccc(F)cc2)[C@@H](C)CN1C(=O)c1cc2cc(Cl)c(Cl)cc2[nH]1. The molecule has 152 valence electrons. The Morgan fingerprint density at radius 2 is 1.76 bits per heavy atom. The molecule has 1 N–H and O–H groups in total. The molecular formula is C22H22Cl2FN3O. The van der Waals surface area contributed by atoms with Crippen molar-refractivity contribution in [3.63, 3.8) is 0 Å². The lowest BCUT2D eigenvalue weighted by molar-refractivity contribution is 0.0287. The number of rotatable bonds is 3. The van der Waals surface area contributed by atoms with E-state index in [1.165, 1.54) is 12.1 Å². The number of aromatic amines is 1. The van der Waals surface area contributed by atoms with E-state index in [0.29, 0.717) is 22.3 Å². The number of benzene rings is 2. The van der Waals surface area contributed by atoms with Crippen LogP contribution >= 0.6 is 23.2 Å². The van der Waals surface area contributed by atoms with Gasteiger partial charge >= 0.3 is 0 Å². The van der Waals surface area contributed by atoms with Crippen LogP contribution in [0.2, 0.25) is 10.0 Å². The molecule has 4 rings (SSSR count). The number of carbonyl (C=O) groups excluding carboxylic acids is 1. The number of halogens is 3. The molecule has 7 heteroatoms. The fourth-order valence-electron chi connectivity index (χ4n) is 3.92. The molecule has 0 radical (unpaired) electrons. The van der Waals surface area contributed by atoms with Crippen LogP contribution < -0.4 is 0 Å². The van der Waals surface area contributed by atoms with Gasteiger partial charge in [-0.25, -0.2) is 4.39 Å². The van der Waals surface area contributed by atoms with E-state index < -0.39 is 0 Å². The van der Waals surface area contributed by atoms with Gasteiger partial charge in [0.2, 0.25) is 0 Å². The average Bonchev–Trinajstić information content (AvgIpc) is 3.08. The number of fused-ring (bicyclic) bond motifs is 1. The molecule has 0 aliphatic carbocycles. The Morgan fingerprint density at radius 1 is 1.07 bits per heavy atom. The quantitative estimate of drug-likeness (QED) is 0.604. The van der Waals surface area contributed by atoms with Gasteiger partial charge in [-0.3, -0.25) is 9.69 Å². The van der Waals surface area contributed by atoms with Crippen LogP contribution in [-0.4, -0.2) is 45.9 Å². The Hall–Kier alpha value is -2.08. The minimum absolute atomic E-state index is 0.0331. The summed E-state index contributed by atoms with van der Waals surface area (Å²) >= 11 is 12.2. The Bertz CT molecular complexity index is 1010. The number of H-pyrrole nitrogens is 1. The van der Waals surface area contributed by atoms with Crippen LogP contribution in [0.25, 0.3) is 10.9 Å².